The van der Waals surface area contributed by atoms with E-state index in [4.69, 9.17) is 4.43 Å². The lowest BCUT2D eigenvalue weighted by Gasteiger charge is -2.45. The first-order valence-electron chi connectivity index (χ1n) is 16.9. The average molecular weight is 682 g/mol. The van der Waals surface area contributed by atoms with Crippen LogP contribution < -0.4 is 10.5 Å². The van der Waals surface area contributed by atoms with Gasteiger partial charge in [-0.15, -0.1) is 0 Å². The maximum Gasteiger partial charge on any atom is 0.213 e. The van der Waals surface area contributed by atoms with E-state index in [1.54, 1.807) is 6.20 Å². The van der Waals surface area contributed by atoms with Gasteiger partial charge >= 0.3 is 0 Å². The smallest absolute Gasteiger partial charge is 0.213 e. The number of hydrogen-bond donors (Lipinski definition) is 2. The third-order valence-electron chi connectivity index (χ3n) is 9.70. The van der Waals surface area contributed by atoms with Gasteiger partial charge in [0.2, 0.25) is 9.04 Å². The van der Waals surface area contributed by atoms with Crippen LogP contribution in [-0.4, -0.2) is 86.3 Å². The molecule has 3 heterocycles. The Balaban J connectivity index is 1.30. The second-order valence-electron chi connectivity index (χ2n) is 15.0. The summed E-state index contributed by atoms with van der Waals surface area (Å²) in [6.07, 6.45) is 2.80. The second-order valence-corrected chi connectivity index (χ2v) is 18.5. The summed E-state index contributed by atoms with van der Waals surface area (Å²) in [4.78, 5) is 4.01. The molecule has 1 saturated heterocycles. The van der Waals surface area contributed by atoms with Crippen molar-refractivity contribution in [3.63, 3.8) is 0 Å². The molecule has 2 N–H and O–H groups in total. The number of likely N-dealkylation sites (tertiary alicyclic amines) is 1. The summed E-state index contributed by atoms with van der Waals surface area (Å²) in [5.41, 5.74) is 0.996. The highest BCUT2D eigenvalue weighted by atomic mass is 28.3. The number of H-pyrrole nitrogens is 1. The van der Waals surface area contributed by atoms with Crippen molar-refractivity contribution in [3.05, 3.63) is 89.1 Å². The van der Waals surface area contributed by atoms with Gasteiger partial charge in [-0.1, -0.05) is 57.2 Å². The Morgan fingerprint density at radius 2 is 1.75 bits per heavy atom. The first-order valence-corrected chi connectivity index (χ1v) is 18.6. The Morgan fingerprint density at radius 3 is 2.42 bits per heavy atom. The summed E-state index contributed by atoms with van der Waals surface area (Å²) < 4.78 is 68.3. The SMILES string of the molecule is C[C@@H]1Cc2c(ccc3[nH]ncc23)[C@@H](c2c(F)cc(NC3CN(CCCF)C3)cc2F)N1CC(C)(F)CO[SiH](c1ccccc1)C(C)(C)C. The number of hydrogen-bond acceptors (Lipinski definition) is 5. The largest absolute Gasteiger partial charge is 0.412 e. The van der Waals surface area contributed by atoms with Crippen LogP contribution in [-0.2, 0) is 10.8 Å². The molecule has 0 radical (unpaired) electrons. The number of fused-ring (bicyclic) bond motifs is 3. The molecular weight excluding hydrogens is 635 g/mol. The van der Waals surface area contributed by atoms with Crippen molar-refractivity contribution < 1.29 is 22.0 Å². The quantitative estimate of drug-likeness (QED) is 0.127. The topological polar surface area (TPSA) is 56.4 Å². The van der Waals surface area contributed by atoms with Crippen LogP contribution in [0.4, 0.5) is 23.2 Å². The second kappa shape index (κ2) is 13.9. The minimum Gasteiger partial charge on any atom is -0.412 e. The molecule has 11 heteroatoms. The van der Waals surface area contributed by atoms with E-state index in [2.05, 4.69) is 41.2 Å². The fourth-order valence-electron chi connectivity index (χ4n) is 7.44. The molecule has 2 unspecified atom stereocenters. The Bertz CT molecular complexity index is 1680. The van der Waals surface area contributed by atoms with Crippen LogP contribution in [0.25, 0.3) is 10.9 Å². The highest BCUT2D eigenvalue weighted by Crippen LogP contribution is 2.44. The maximum absolute atomic E-state index is 16.8. The lowest BCUT2D eigenvalue weighted by molar-refractivity contribution is 0.0228. The number of benzene rings is 3. The molecule has 3 aromatic carbocycles. The van der Waals surface area contributed by atoms with Gasteiger partial charge < -0.3 is 9.74 Å². The molecule has 4 atom stereocenters. The highest BCUT2D eigenvalue weighted by molar-refractivity contribution is 6.70. The Morgan fingerprint density at radius 1 is 1.04 bits per heavy atom. The van der Waals surface area contributed by atoms with Crippen LogP contribution in [0.3, 0.4) is 0 Å². The number of alkyl halides is 2. The number of anilines is 1. The van der Waals surface area contributed by atoms with Crippen molar-refractivity contribution in [1.29, 1.82) is 0 Å². The minimum atomic E-state index is -2.06. The average Bonchev–Trinajstić information content (AvgIpc) is 3.49. The van der Waals surface area contributed by atoms with Gasteiger partial charge in [0, 0.05) is 48.9 Å². The normalized spacial score (nSPS) is 21.1. The molecule has 6 rings (SSSR count). The van der Waals surface area contributed by atoms with Crippen LogP contribution in [0.1, 0.15) is 63.8 Å². The molecule has 0 amide bonds. The molecular formula is C37H47F4N5OSi. The molecule has 0 aliphatic carbocycles. The number of nitrogens with one attached hydrogen (secondary N) is 2. The van der Waals surface area contributed by atoms with Gasteiger partial charge in [0.15, 0.2) is 0 Å². The molecule has 0 spiro atoms. The molecule has 2 aliphatic heterocycles. The van der Waals surface area contributed by atoms with Gasteiger partial charge in [-0.2, -0.15) is 5.10 Å². The molecule has 1 fully saturated rings. The molecule has 0 saturated carbocycles. The van der Waals surface area contributed by atoms with Gasteiger partial charge in [0.1, 0.15) is 17.3 Å². The van der Waals surface area contributed by atoms with Crippen LogP contribution in [0.5, 0.6) is 0 Å². The highest BCUT2D eigenvalue weighted by Gasteiger charge is 2.42. The molecule has 258 valence electrons. The van der Waals surface area contributed by atoms with E-state index in [0.29, 0.717) is 38.2 Å². The molecule has 0 bridgehead atoms. The van der Waals surface area contributed by atoms with E-state index < -0.39 is 32.4 Å². The molecule has 48 heavy (non-hydrogen) atoms. The zero-order valence-electron chi connectivity index (χ0n) is 28.5. The van der Waals surface area contributed by atoms with Gasteiger partial charge in [-0.05, 0) is 66.2 Å². The fourth-order valence-corrected chi connectivity index (χ4v) is 10.2. The zero-order chi connectivity index (χ0) is 34.2. The summed E-state index contributed by atoms with van der Waals surface area (Å²) in [5.74, 6) is -1.37. The van der Waals surface area contributed by atoms with Crippen LogP contribution in [0, 0.1) is 11.6 Å². The van der Waals surface area contributed by atoms with Crippen molar-refractivity contribution in [2.45, 2.75) is 76.3 Å². The number of halogens is 4. The summed E-state index contributed by atoms with van der Waals surface area (Å²) in [6, 6.07) is 15.4. The Kier molecular flexibility index (Phi) is 10.0. The van der Waals surface area contributed by atoms with E-state index in [1.165, 1.54) is 19.1 Å². The van der Waals surface area contributed by atoms with E-state index in [9.17, 15) is 4.39 Å². The first-order chi connectivity index (χ1) is 22.8. The van der Waals surface area contributed by atoms with E-state index in [0.717, 1.165) is 27.2 Å². The summed E-state index contributed by atoms with van der Waals surface area (Å²) >= 11 is 0. The zero-order valence-corrected chi connectivity index (χ0v) is 29.7. The monoisotopic (exact) mass is 681 g/mol. The predicted octanol–water partition coefficient (Wildman–Crippen LogP) is 6.81. The van der Waals surface area contributed by atoms with Gasteiger partial charge in [0.25, 0.3) is 0 Å². The molecule has 2 aliphatic rings. The van der Waals surface area contributed by atoms with E-state index in [1.807, 2.05) is 54.3 Å². The number of rotatable bonds is 12. The van der Waals surface area contributed by atoms with Crippen molar-refractivity contribution >= 4 is 30.8 Å². The maximum atomic E-state index is 16.8. The van der Waals surface area contributed by atoms with Gasteiger partial charge in [-0.25, -0.2) is 13.2 Å². The Labute approximate surface area is 282 Å². The lowest BCUT2D eigenvalue weighted by atomic mass is 9.82. The molecule has 1 aromatic heterocycles. The Hall–Kier alpha value is -3.25. The third-order valence-corrected chi connectivity index (χ3v) is 12.8. The lowest BCUT2D eigenvalue weighted by Crippen LogP contribution is -2.54. The van der Waals surface area contributed by atoms with Crippen molar-refractivity contribution in [2.75, 3.05) is 44.8 Å². The molecule has 6 nitrogen and oxygen atoms in total. The summed E-state index contributed by atoms with van der Waals surface area (Å²) in [5, 5.41) is 12.3. The van der Waals surface area contributed by atoms with Crippen LogP contribution >= 0.6 is 0 Å². The minimum absolute atomic E-state index is 0.0270. The molecule has 4 aromatic rings. The predicted molar refractivity (Wildman–Crippen MR) is 187 cm³/mol. The van der Waals surface area contributed by atoms with Gasteiger partial charge in [-0.3, -0.25) is 19.3 Å². The van der Waals surface area contributed by atoms with Crippen molar-refractivity contribution in [1.82, 2.24) is 20.0 Å². The van der Waals surface area contributed by atoms with E-state index in [-0.39, 0.29) is 42.5 Å². The summed E-state index contributed by atoms with van der Waals surface area (Å²) in [6.45, 7) is 11.4. The van der Waals surface area contributed by atoms with Gasteiger partial charge in [0.05, 0.1) is 37.1 Å². The number of aromatic amines is 1. The van der Waals surface area contributed by atoms with Crippen molar-refractivity contribution in [3.8, 4) is 0 Å². The first kappa shape index (κ1) is 34.6. The third kappa shape index (κ3) is 7.34. The summed E-state index contributed by atoms with van der Waals surface area (Å²) in [7, 11) is -2.06. The standard InChI is InChI=1S/C37H47F4N5OSi/c1-24-16-29-28(12-13-33-30(29)19-42-44-33)35(34-31(39)17-25(18-32(34)40)43-26-20-45(21-26)15-9-14-38)46(24)22-37(5,41)23-47-48(36(2,3)4)27-10-7-6-8-11-27/h6-8,10-13,17-19,24,26,35,43,48H,9,14-16,20-23H2,1-5H3,(H,42,44)/t24-,35+,37?,48?/m1/s1. The van der Waals surface area contributed by atoms with Crippen molar-refractivity contribution in [2.24, 2.45) is 0 Å². The number of aromatic nitrogens is 2. The van der Waals surface area contributed by atoms with E-state index >= 15 is 13.2 Å². The van der Waals surface area contributed by atoms with Crippen LogP contribution in [0.15, 0.2) is 60.8 Å². The van der Waals surface area contributed by atoms with Crippen LogP contribution in [0.2, 0.25) is 5.04 Å². The number of nitrogens with zero attached hydrogens (tertiary/aromatic N) is 3. The fraction of sp³-hybridized carbons (Fsp3) is 0.486.